The monoisotopic (exact) mass is 308 g/mol. The van der Waals surface area contributed by atoms with E-state index in [1.807, 2.05) is 38.1 Å². The van der Waals surface area contributed by atoms with Crippen LogP contribution in [0.4, 0.5) is 4.79 Å². The second-order valence-electron chi connectivity index (χ2n) is 5.87. The maximum absolute atomic E-state index is 11.7. The Morgan fingerprint density at radius 2 is 1.95 bits per heavy atom. The molecule has 5 heteroatoms. The average molecular weight is 308 g/mol. The lowest BCUT2D eigenvalue weighted by Gasteiger charge is -2.29. The molecular formula is C17H28N2O3. The summed E-state index contributed by atoms with van der Waals surface area (Å²) in [5, 5.41) is 15.7. The normalized spacial score (nSPS) is 14.8. The van der Waals surface area contributed by atoms with E-state index in [0.717, 1.165) is 24.2 Å². The SMILES string of the molecule is CCC(C)C(C)(O)CNC(=O)NCCc1ccc(OC)cc1. The van der Waals surface area contributed by atoms with Crippen molar-refractivity contribution in [1.82, 2.24) is 10.6 Å². The van der Waals surface area contributed by atoms with Crippen LogP contribution in [0.25, 0.3) is 0 Å². The van der Waals surface area contributed by atoms with Crippen LogP contribution < -0.4 is 15.4 Å². The predicted octanol–water partition coefficient (Wildman–Crippen LogP) is 2.33. The van der Waals surface area contributed by atoms with Crippen LogP contribution in [-0.4, -0.2) is 36.9 Å². The van der Waals surface area contributed by atoms with Gasteiger partial charge >= 0.3 is 6.03 Å². The molecule has 2 unspecified atom stereocenters. The molecule has 0 saturated carbocycles. The summed E-state index contributed by atoms with van der Waals surface area (Å²) in [4.78, 5) is 11.7. The number of ether oxygens (including phenoxy) is 1. The van der Waals surface area contributed by atoms with Crippen LogP contribution in [0.15, 0.2) is 24.3 Å². The van der Waals surface area contributed by atoms with Gasteiger partial charge in [0.2, 0.25) is 0 Å². The van der Waals surface area contributed by atoms with Gasteiger partial charge in [-0.3, -0.25) is 0 Å². The van der Waals surface area contributed by atoms with E-state index in [2.05, 4.69) is 10.6 Å². The van der Waals surface area contributed by atoms with E-state index in [0.29, 0.717) is 6.54 Å². The number of carbonyl (C=O) groups is 1. The third kappa shape index (κ3) is 5.93. The van der Waals surface area contributed by atoms with Gasteiger partial charge in [-0.15, -0.1) is 0 Å². The van der Waals surface area contributed by atoms with Gasteiger partial charge in [0, 0.05) is 13.1 Å². The Morgan fingerprint density at radius 3 is 2.50 bits per heavy atom. The van der Waals surface area contributed by atoms with Crippen molar-refractivity contribution in [3.8, 4) is 5.75 Å². The molecule has 1 aromatic carbocycles. The number of hydrogen-bond acceptors (Lipinski definition) is 3. The molecule has 0 aromatic heterocycles. The molecule has 0 saturated heterocycles. The molecule has 0 radical (unpaired) electrons. The summed E-state index contributed by atoms with van der Waals surface area (Å²) >= 11 is 0. The molecule has 0 spiro atoms. The van der Waals surface area contributed by atoms with Crippen LogP contribution in [0.2, 0.25) is 0 Å². The van der Waals surface area contributed by atoms with E-state index in [1.54, 1.807) is 14.0 Å². The van der Waals surface area contributed by atoms with Gasteiger partial charge < -0.3 is 20.5 Å². The number of amides is 2. The highest BCUT2D eigenvalue weighted by Gasteiger charge is 2.27. The third-order valence-corrected chi connectivity index (χ3v) is 4.14. The number of carbonyl (C=O) groups excluding carboxylic acids is 1. The zero-order chi connectivity index (χ0) is 16.6. The maximum atomic E-state index is 11.7. The van der Waals surface area contributed by atoms with E-state index in [-0.39, 0.29) is 18.5 Å². The maximum Gasteiger partial charge on any atom is 0.314 e. The minimum Gasteiger partial charge on any atom is -0.497 e. The first kappa shape index (κ1) is 18.3. The Labute approximate surface area is 133 Å². The Hall–Kier alpha value is -1.75. The molecule has 1 rings (SSSR count). The topological polar surface area (TPSA) is 70.6 Å². The molecule has 124 valence electrons. The Morgan fingerprint density at radius 1 is 1.32 bits per heavy atom. The molecule has 0 aliphatic carbocycles. The zero-order valence-electron chi connectivity index (χ0n) is 14.0. The number of rotatable bonds is 8. The molecular weight excluding hydrogens is 280 g/mol. The number of hydrogen-bond donors (Lipinski definition) is 3. The van der Waals surface area contributed by atoms with Gasteiger partial charge in [0.25, 0.3) is 0 Å². The van der Waals surface area contributed by atoms with Crippen molar-refractivity contribution in [1.29, 1.82) is 0 Å². The molecule has 0 aliphatic heterocycles. The second kappa shape index (κ2) is 8.63. The summed E-state index contributed by atoms with van der Waals surface area (Å²) in [5.74, 6) is 0.953. The Balaban J connectivity index is 2.28. The highest BCUT2D eigenvalue weighted by molar-refractivity contribution is 5.73. The zero-order valence-corrected chi connectivity index (χ0v) is 14.0. The van der Waals surface area contributed by atoms with Crippen molar-refractivity contribution in [3.63, 3.8) is 0 Å². The van der Waals surface area contributed by atoms with Gasteiger partial charge in [-0.25, -0.2) is 4.79 Å². The van der Waals surface area contributed by atoms with Gasteiger partial charge in [-0.05, 0) is 37.0 Å². The highest BCUT2D eigenvalue weighted by atomic mass is 16.5. The average Bonchev–Trinajstić information content (AvgIpc) is 2.52. The van der Waals surface area contributed by atoms with Crippen molar-refractivity contribution in [3.05, 3.63) is 29.8 Å². The van der Waals surface area contributed by atoms with Gasteiger partial charge in [-0.1, -0.05) is 32.4 Å². The smallest absolute Gasteiger partial charge is 0.314 e. The summed E-state index contributed by atoms with van der Waals surface area (Å²) in [6.07, 6.45) is 1.62. The van der Waals surface area contributed by atoms with Crippen LogP contribution in [-0.2, 0) is 6.42 Å². The van der Waals surface area contributed by atoms with Crippen LogP contribution in [0, 0.1) is 5.92 Å². The van der Waals surface area contributed by atoms with Crippen LogP contribution in [0.5, 0.6) is 5.75 Å². The summed E-state index contributed by atoms with van der Waals surface area (Å²) in [6, 6.07) is 7.51. The summed E-state index contributed by atoms with van der Waals surface area (Å²) in [6.45, 7) is 6.54. The molecule has 0 heterocycles. The lowest BCUT2D eigenvalue weighted by atomic mass is 9.89. The second-order valence-corrected chi connectivity index (χ2v) is 5.87. The molecule has 22 heavy (non-hydrogen) atoms. The summed E-state index contributed by atoms with van der Waals surface area (Å²) < 4.78 is 5.10. The first-order valence-electron chi connectivity index (χ1n) is 7.76. The third-order valence-electron chi connectivity index (χ3n) is 4.14. The van der Waals surface area contributed by atoms with E-state index in [9.17, 15) is 9.90 Å². The molecule has 1 aromatic rings. The Kier molecular flexibility index (Phi) is 7.18. The summed E-state index contributed by atoms with van der Waals surface area (Å²) in [7, 11) is 1.63. The van der Waals surface area contributed by atoms with Gasteiger partial charge in [0.15, 0.2) is 0 Å². The largest absolute Gasteiger partial charge is 0.497 e. The lowest BCUT2D eigenvalue weighted by Crippen LogP contribution is -2.48. The van der Waals surface area contributed by atoms with E-state index in [4.69, 9.17) is 4.74 Å². The number of urea groups is 1. The molecule has 0 bridgehead atoms. The number of benzene rings is 1. The van der Waals surface area contributed by atoms with Crippen LogP contribution in [0.3, 0.4) is 0 Å². The highest BCUT2D eigenvalue weighted by Crippen LogP contribution is 2.18. The van der Waals surface area contributed by atoms with Gasteiger partial charge in [-0.2, -0.15) is 0 Å². The van der Waals surface area contributed by atoms with Crippen molar-refractivity contribution < 1.29 is 14.6 Å². The molecule has 3 N–H and O–H groups in total. The molecule has 0 fully saturated rings. The lowest BCUT2D eigenvalue weighted by molar-refractivity contribution is 0.00791. The van der Waals surface area contributed by atoms with E-state index in [1.165, 1.54) is 0 Å². The molecule has 2 amide bonds. The predicted molar refractivity (Wildman–Crippen MR) is 88.2 cm³/mol. The number of nitrogens with one attached hydrogen (secondary N) is 2. The van der Waals surface area contributed by atoms with Gasteiger partial charge in [0.1, 0.15) is 5.75 Å². The first-order valence-corrected chi connectivity index (χ1v) is 7.76. The van der Waals surface area contributed by atoms with E-state index >= 15 is 0 Å². The van der Waals surface area contributed by atoms with Crippen LogP contribution in [0.1, 0.15) is 32.8 Å². The van der Waals surface area contributed by atoms with Gasteiger partial charge in [0.05, 0.1) is 12.7 Å². The van der Waals surface area contributed by atoms with Crippen LogP contribution >= 0.6 is 0 Å². The van der Waals surface area contributed by atoms with Crippen molar-refractivity contribution in [2.45, 2.75) is 39.2 Å². The Bertz CT molecular complexity index is 457. The first-order chi connectivity index (χ1) is 10.4. The van der Waals surface area contributed by atoms with Crippen molar-refractivity contribution in [2.24, 2.45) is 5.92 Å². The molecule has 2 atom stereocenters. The quantitative estimate of drug-likeness (QED) is 0.690. The fourth-order valence-electron chi connectivity index (χ4n) is 2.05. The standard InChI is InChI=1S/C17H28N2O3/c1-5-13(2)17(3,21)12-19-16(20)18-11-10-14-6-8-15(22-4)9-7-14/h6-9,13,21H,5,10-12H2,1-4H3,(H2,18,19,20). The minimum absolute atomic E-state index is 0.132. The fraction of sp³-hybridized carbons (Fsp3) is 0.588. The summed E-state index contributed by atoms with van der Waals surface area (Å²) in [5.41, 5.74) is 0.245. The van der Waals surface area contributed by atoms with E-state index < -0.39 is 5.60 Å². The fourth-order valence-corrected chi connectivity index (χ4v) is 2.05. The molecule has 5 nitrogen and oxygen atoms in total. The van der Waals surface area contributed by atoms with Crippen molar-refractivity contribution in [2.75, 3.05) is 20.2 Å². The number of methoxy groups -OCH3 is 1. The molecule has 0 aliphatic rings. The number of aliphatic hydroxyl groups is 1. The minimum atomic E-state index is -0.887. The van der Waals surface area contributed by atoms with Crippen molar-refractivity contribution >= 4 is 6.03 Å².